The molecule has 1 fully saturated rings. The molecule has 1 aromatic carbocycles. The number of ether oxygens (including phenoxy) is 1. The molecular weight excluding hydrogens is 294 g/mol. The van der Waals surface area contributed by atoms with E-state index in [0.717, 1.165) is 29.7 Å². The molecule has 0 aromatic heterocycles. The van der Waals surface area contributed by atoms with Gasteiger partial charge in [0.05, 0.1) is 6.61 Å². The van der Waals surface area contributed by atoms with E-state index >= 15 is 0 Å². The predicted octanol–water partition coefficient (Wildman–Crippen LogP) is 2.93. The topological polar surface area (TPSA) is 66.8 Å². The standard InChI is InChI=1S/C18H25NO4/c1-13-8-9-14(2)16(12-13)23-11-4-3-7-17(20)19-10-5-6-15(19)18(21)22/h8-9,12,15H,3-7,10-11H2,1-2H3,(H,21,22)/t15-/m1/s1. The van der Waals surface area contributed by atoms with Gasteiger partial charge in [0.25, 0.3) is 0 Å². The number of hydrogen-bond donors (Lipinski definition) is 1. The second-order valence-electron chi connectivity index (χ2n) is 6.16. The van der Waals surface area contributed by atoms with Crippen molar-refractivity contribution >= 4 is 11.9 Å². The summed E-state index contributed by atoms with van der Waals surface area (Å²) in [6, 6.07) is 5.47. The molecule has 1 aliphatic rings. The molecule has 23 heavy (non-hydrogen) atoms. The van der Waals surface area contributed by atoms with Crippen molar-refractivity contribution in [3.63, 3.8) is 0 Å². The van der Waals surface area contributed by atoms with Gasteiger partial charge in [-0.1, -0.05) is 12.1 Å². The third kappa shape index (κ3) is 4.71. The molecule has 1 aliphatic heterocycles. The molecule has 1 heterocycles. The summed E-state index contributed by atoms with van der Waals surface area (Å²) < 4.78 is 5.77. The lowest BCUT2D eigenvalue weighted by molar-refractivity contribution is -0.148. The SMILES string of the molecule is Cc1ccc(C)c(OCCCCC(=O)N2CCC[C@@H]2C(=O)O)c1. The molecule has 1 amide bonds. The molecule has 0 spiro atoms. The monoisotopic (exact) mass is 319 g/mol. The molecule has 1 saturated heterocycles. The maximum absolute atomic E-state index is 12.1. The first kappa shape index (κ1) is 17.3. The summed E-state index contributed by atoms with van der Waals surface area (Å²) in [5.41, 5.74) is 2.27. The van der Waals surface area contributed by atoms with E-state index in [1.165, 1.54) is 4.90 Å². The number of aryl methyl sites for hydroxylation is 2. The van der Waals surface area contributed by atoms with Gasteiger partial charge in [0.15, 0.2) is 0 Å². The Labute approximate surface area is 137 Å². The van der Waals surface area contributed by atoms with Crippen molar-refractivity contribution in [1.29, 1.82) is 0 Å². The third-order valence-corrected chi connectivity index (χ3v) is 4.24. The molecule has 2 rings (SSSR count). The number of amides is 1. The van der Waals surface area contributed by atoms with Crippen LogP contribution in [0.15, 0.2) is 18.2 Å². The van der Waals surface area contributed by atoms with Crippen LogP contribution < -0.4 is 4.74 Å². The molecule has 0 bridgehead atoms. The fourth-order valence-corrected chi connectivity index (χ4v) is 2.89. The first-order valence-electron chi connectivity index (χ1n) is 8.21. The number of carbonyl (C=O) groups is 2. The van der Waals surface area contributed by atoms with Crippen LogP contribution in [-0.4, -0.2) is 41.1 Å². The number of unbranched alkanes of at least 4 members (excludes halogenated alkanes) is 1. The van der Waals surface area contributed by atoms with E-state index in [1.807, 2.05) is 26.0 Å². The van der Waals surface area contributed by atoms with Crippen LogP contribution in [0.1, 0.15) is 43.2 Å². The van der Waals surface area contributed by atoms with Crippen LogP contribution in [-0.2, 0) is 9.59 Å². The number of carboxylic acid groups (broad SMARTS) is 1. The zero-order chi connectivity index (χ0) is 16.8. The number of carboxylic acids is 1. The molecule has 5 heteroatoms. The summed E-state index contributed by atoms with van der Waals surface area (Å²) in [5, 5.41) is 9.10. The summed E-state index contributed by atoms with van der Waals surface area (Å²) in [6.07, 6.45) is 3.23. The predicted molar refractivity (Wildman–Crippen MR) is 87.6 cm³/mol. The van der Waals surface area contributed by atoms with E-state index in [9.17, 15) is 9.59 Å². The molecule has 0 radical (unpaired) electrons. The maximum Gasteiger partial charge on any atom is 0.326 e. The Bertz CT molecular complexity index is 570. The second-order valence-corrected chi connectivity index (χ2v) is 6.16. The van der Waals surface area contributed by atoms with Gasteiger partial charge in [0, 0.05) is 13.0 Å². The van der Waals surface area contributed by atoms with Crippen LogP contribution in [0.4, 0.5) is 0 Å². The highest BCUT2D eigenvalue weighted by Crippen LogP contribution is 2.21. The van der Waals surface area contributed by atoms with E-state index in [0.29, 0.717) is 32.4 Å². The molecule has 1 N–H and O–H groups in total. The minimum atomic E-state index is -0.894. The average molecular weight is 319 g/mol. The van der Waals surface area contributed by atoms with Crippen molar-refractivity contribution < 1.29 is 19.4 Å². The summed E-state index contributed by atoms with van der Waals surface area (Å²) in [7, 11) is 0. The minimum Gasteiger partial charge on any atom is -0.493 e. The largest absolute Gasteiger partial charge is 0.493 e. The first-order valence-corrected chi connectivity index (χ1v) is 8.21. The van der Waals surface area contributed by atoms with E-state index in [2.05, 4.69) is 6.07 Å². The molecule has 0 saturated carbocycles. The Balaban J connectivity index is 1.70. The van der Waals surface area contributed by atoms with Gasteiger partial charge in [-0.2, -0.15) is 0 Å². The van der Waals surface area contributed by atoms with Gasteiger partial charge < -0.3 is 14.7 Å². The van der Waals surface area contributed by atoms with Gasteiger partial charge >= 0.3 is 5.97 Å². The zero-order valence-electron chi connectivity index (χ0n) is 13.9. The van der Waals surface area contributed by atoms with Gasteiger partial charge in [0.2, 0.25) is 5.91 Å². The Morgan fingerprint density at radius 2 is 2.09 bits per heavy atom. The smallest absolute Gasteiger partial charge is 0.326 e. The number of nitrogens with zero attached hydrogens (tertiary/aromatic N) is 1. The maximum atomic E-state index is 12.1. The fourth-order valence-electron chi connectivity index (χ4n) is 2.89. The molecule has 5 nitrogen and oxygen atoms in total. The zero-order valence-corrected chi connectivity index (χ0v) is 13.9. The van der Waals surface area contributed by atoms with Crippen molar-refractivity contribution in [3.05, 3.63) is 29.3 Å². The van der Waals surface area contributed by atoms with Gasteiger partial charge in [-0.05, 0) is 56.7 Å². The van der Waals surface area contributed by atoms with Crippen LogP contribution in [0, 0.1) is 13.8 Å². The van der Waals surface area contributed by atoms with Crippen molar-refractivity contribution in [1.82, 2.24) is 4.90 Å². The van der Waals surface area contributed by atoms with Crippen molar-refractivity contribution in [2.45, 2.75) is 52.0 Å². The van der Waals surface area contributed by atoms with E-state index in [4.69, 9.17) is 9.84 Å². The lowest BCUT2D eigenvalue weighted by Gasteiger charge is -2.21. The summed E-state index contributed by atoms with van der Waals surface area (Å²) >= 11 is 0. The van der Waals surface area contributed by atoms with Crippen molar-refractivity contribution in [3.8, 4) is 5.75 Å². The van der Waals surface area contributed by atoms with Crippen molar-refractivity contribution in [2.24, 2.45) is 0 Å². The van der Waals surface area contributed by atoms with E-state index < -0.39 is 12.0 Å². The lowest BCUT2D eigenvalue weighted by atomic mass is 10.1. The highest BCUT2D eigenvalue weighted by molar-refractivity contribution is 5.84. The summed E-state index contributed by atoms with van der Waals surface area (Å²) in [4.78, 5) is 24.7. The number of likely N-dealkylation sites (tertiary alicyclic amines) is 1. The van der Waals surface area contributed by atoms with Crippen LogP contribution in [0.2, 0.25) is 0 Å². The Kier molecular flexibility index (Phi) is 6.02. The van der Waals surface area contributed by atoms with Gasteiger partial charge in [-0.25, -0.2) is 4.79 Å². The van der Waals surface area contributed by atoms with Crippen LogP contribution >= 0.6 is 0 Å². The number of benzene rings is 1. The Hall–Kier alpha value is -2.04. The van der Waals surface area contributed by atoms with Crippen LogP contribution in [0.25, 0.3) is 0 Å². The molecule has 126 valence electrons. The lowest BCUT2D eigenvalue weighted by Crippen LogP contribution is -2.40. The van der Waals surface area contributed by atoms with E-state index in [1.54, 1.807) is 0 Å². The normalized spacial score (nSPS) is 17.3. The minimum absolute atomic E-state index is 0.0540. The molecular formula is C18H25NO4. The highest BCUT2D eigenvalue weighted by Gasteiger charge is 2.33. The Morgan fingerprint density at radius 1 is 1.30 bits per heavy atom. The third-order valence-electron chi connectivity index (χ3n) is 4.24. The first-order chi connectivity index (χ1) is 11.0. The average Bonchev–Trinajstić information content (AvgIpc) is 3.00. The van der Waals surface area contributed by atoms with Gasteiger partial charge in [-0.3, -0.25) is 4.79 Å². The number of hydrogen-bond acceptors (Lipinski definition) is 3. The van der Waals surface area contributed by atoms with Crippen LogP contribution in [0.5, 0.6) is 5.75 Å². The summed E-state index contributed by atoms with van der Waals surface area (Å²) in [6.45, 7) is 5.17. The summed E-state index contributed by atoms with van der Waals surface area (Å²) in [5.74, 6) is -0.0578. The van der Waals surface area contributed by atoms with Gasteiger partial charge in [0.1, 0.15) is 11.8 Å². The van der Waals surface area contributed by atoms with E-state index in [-0.39, 0.29) is 5.91 Å². The highest BCUT2D eigenvalue weighted by atomic mass is 16.5. The number of aliphatic carboxylic acids is 1. The Morgan fingerprint density at radius 3 is 2.83 bits per heavy atom. The van der Waals surface area contributed by atoms with Crippen LogP contribution in [0.3, 0.4) is 0 Å². The van der Waals surface area contributed by atoms with Gasteiger partial charge in [-0.15, -0.1) is 0 Å². The molecule has 0 unspecified atom stereocenters. The molecule has 1 atom stereocenters. The quantitative estimate of drug-likeness (QED) is 0.785. The molecule has 1 aromatic rings. The number of rotatable bonds is 7. The fraction of sp³-hybridized carbons (Fsp3) is 0.556. The molecule has 0 aliphatic carbocycles. The second kappa shape index (κ2) is 7.99. The van der Waals surface area contributed by atoms with Crippen molar-refractivity contribution in [2.75, 3.05) is 13.2 Å². The number of carbonyl (C=O) groups excluding carboxylic acids is 1.